The smallest absolute Gasteiger partial charge is 0.339 e. The van der Waals surface area contributed by atoms with Gasteiger partial charge in [0.1, 0.15) is 5.57 Å². The number of methoxy groups -OCH3 is 1. The van der Waals surface area contributed by atoms with Crippen LogP contribution < -0.4 is 10.2 Å². The number of anilines is 1. The van der Waals surface area contributed by atoms with Gasteiger partial charge < -0.3 is 9.30 Å². The van der Waals surface area contributed by atoms with Gasteiger partial charge in [0.05, 0.1) is 34.1 Å². The Labute approximate surface area is 216 Å². The van der Waals surface area contributed by atoms with Crippen molar-refractivity contribution in [2.75, 3.05) is 12.0 Å². The Hall–Kier alpha value is -3.46. The lowest BCUT2D eigenvalue weighted by Gasteiger charge is -2.29. The maximum Gasteiger partial charge on any atom is 0.339 e. The Morgan fingerprint density at radius 1 is 1.06 bits per heavy atom. The molecular formula is C25H19Cl2N3O4S. The minimum absolute atomic E-state index is 0.0983. The van der Waals surface area contributed by atoms with Gasteiger partial charge in [-0.15, -0.1) is 0 Å². The van der Waals surface area contributed by atoms with E-state index in [0.717, 1.165) is 10.6 Å². The fourth-order valence-corrected chi connectivity index (χ4v) is 4.61. The molecule has 1 saturated heterocycles. The molecule has 2 aromatic carbocycles. The lowest BCUT2D eigenvalue weighted by molar-refractivity contribution is -0.122. The second-order valence-electron chi connectivity index (χ2n) is 7.70. The molecule has 0 bridgehead atoms. The van der Waals surface area contributed by atoms with E-state index in [9.17, 15) is 14.4 Å². The number of para-hydroxylation sites is 1. The van der Waals surface area contributed by atoms with Gasteiger partial charge in [-0.1, -0.05) is 41.4 Å². The van der Waals surface area contributed by atoms with E-state index in [1.165, 1.54) is 13.2 Å². The van der Waals surface area contributed by atoms with E-state index in [1.54, 1.807) is 36.4 Å². The Balaban J connectivity index is 1.81. The minimum Gasteiger partial charge on any atom is -0.465 e. The molecule has 0 radical (unpaired) electrons. The number of aromatic nitrogens is 1. The summed E-state index contributed by atoms with van der Waals surface area (Å²) in [5.74, 6) is -1.74. The maximum atomic E-state index is 13.4. The van der Waals surface area contributed by atoms with Crippen LogP contribution in [0.25, 0.3) is 11.8 Å². The Morgan fingerprint density at radius 2 is 1.74 bits per heavy atom. The molecule has 3 aromatic rings. The van der Waals surface area contributed by atoms with Crippen molar-refractivity contribution in [1.29, 1.82) is 0 Å². The number of carbonyl (C=O) groups excluding carboxylic acids is 3. The van der Waals surface area contributed by atoms with Crippen LogP contribution in [0.15, 0.2) is 54.1 Å². The van der Waals surface area contributed by atoms with Crippen LogP contribution in [0.4, 0.5) is 5.69 Å². The summed E-state index contributed by atoms with van der Waals surface area (Å²) < 4.78 is 6.78. The van der Waals surface area contributed by atoms with Crippen molar-refractivity contribution in [3.8, 4) is 5.69 Å². The number of amides is 2. The van der Waals surface area contributed by atoms with E-state index in [4.69, 9.17) is 40.2 Å². The molecular weight excluding hydrogens is 509 g/mol. The molecule has 0 spiro atoms. The molecule has 0 saturated carbocycles. The molecule has 0 atom stereocenters. The molecule has 2 heterocycles. The fourth-order valence-electron chi connectivity index (χ4n) is 3.95. The van der Waals surface area contributed by atoms with Crippen molar-refractivity contribution >= 4 is 70.1 Å². The number of halogens is 2. The average Bonchev–Trinajstić information content (AvgIpc) is 3.11. The third kappa shape index (κ3) is 4.36. The summed E-state index contributed by atoms with van der Waals surface area (Å²) >= 11 is 17.7. The van der Waals surface area contributed by atoms with Gasteiger partial charge in [-0.05, 0) is 68.0 Å². The summed E-state index contributed by atoms with van der Waals surface area (Å²) in [5, 5.41) is 2.82. The molecule has 0 unspecified atom stereocenters. The molecule has 1 fully saturated rings. The molecule has 4 rings (SSSR count). The van der Waals surface area contributed by atoms with Crippen LogP contribution in [0.1, 0.15) is 27.3 Å². The van der Waals surface area contributed by atoms with Gasteiger partial charge in [0.2, 0.25) is 0 Å². The number of ether oxygens (including phenoxy) is 1. The highest BCUT2D eigenvalue weighted by molar-refractivity contribution is 7.80. The van der Waals surface area contributed by atoms with Crippen molar-refractivity contribution < 1.29 is 19.1 Å². The summed E-state index contributed by atoms with van der Waals surface area (Å²) in [6.45, 7) is 3.69. The van der Waals surface area contributed by atoms with E-state index < -0.39 is 17.8 Å². The zero-order valence-corrected chi connectivity index (χ0v) is 21.2. The SMILES string of the molecule is COC(=O)c1ccccc1-n1c(C)cc(/C=C2\C(=O)NC(=S)N(c3cccc(Cl)c3Cl)C2=O)c1C. The van der Waals surface area contributed by atoms with E-state index in [0.29, 0.717) is 22.5 Å². The third-order valence-corrected chi connectivity index (χ3v) is 6.69. The average molecular weight is 528 g/mol. The Kier molecular flexibility index (Phi) is 6.80. The van der Waals surface area contributed by atoms with E-state index in [1.807, 2.05) is 30.5 Å². The lowest BCUT2D eigenvalue weighted by Crippen LogP contribution is -2.54. The second kappa shape index (κ2) is 9.65. The monoisotopic (exact) mass is 527 g/mol. The highest BCUT2D eigenvalue weighted by atomic mass is 35.5. The highest BCUT2D eigenvalue weighted by Crippen LogP contribution is 2.35. The van der Waals surface area contributed by atoms with Gasteiger partial charge in [-0.25, -0.2) is 4.79 Å². The first kappa shape index (κ1) is 24.7. The quantitative estimate of drug-likeness (QED) is 0.223. The Bertz CT molecular complexity index is 1440. The number of hydrogen-bond donors (Lipinski definition) is 1. The Morgan fingerprint density at radius 3 is 2.46 bits per heavy atom. The number of rotatable bonds is 4. The topological polar surface area (TPSA) is 80.6 Å². The lowest BCUT2D eigenvalue weighted by atomic mass is 10.1. The largest absolute Gasteiger partial charge is 0.465 e. The fraction of sp³-hybridized carbons (Fsp3) is 0.120. The molecule has 10 heteroatoms. The van der Waals surface area contributed by atoms with Gasteiger partial charge >= 0.3 is 5.97 Å². The van der Waals surface area contributed by atoms with Crippen LogP contribution in [-0.2, 0) is 14.3 Å². The molecule has 1 aromatic heterocycles. The van der Waals surface area contributed by atoms with Gasteiger partial charge in [-0.3, -0.25) is 19.8 Å². The number of thiocarbonyl (C=S) groups is 1. The van der Waals surface area contributed by atoms with Crippen LogP contribution in [-0.4, -0.2) is 34.6 Å². The van der Waals surface area contributed by atoms with Crippen molar-refractivity contribution in [2.24, 2.45) is 0 Å². The minimum atomic E-state index is -0.636. The first-order valence-electron chi connectivity index (χ1n) is 10.4. The van der Waals surface area contributed by atoms with Crippen LogP contribution >= 0.6 is 35.4 Å². The molecule has 7 nitrogen and oxygen atoms in total. The summed E-state index contributed by atoms with van der Waals surface area (Å²) in [4.78, 5) is 39.6. The zero-order valence-electron chi connectivity index (χ0n) is 18.9. The van der Waals surface area contributed by atoms with E-state index in [-0.39, 0.29) is 26.4 Å². The standard InChI is InChI=1S/C25H19Cl2N3O4S/c1-13-11-15(14(2)29(13)19-9-5-4-7-16(19)24(33)34-3)12-17-22(31)28-25(35)30(23(17)32)20-10-6-8-18(26)21(20)27/h4-12H,1-3H3,(H,28,31,35)/b17-12+. The van der Waals surface area contributed by atoms with E-state index in [2.05, 4.69) is 5.32 Å². The number of hydrogen-bond acceptors (Lipinski definition) is 5. The molecule has 1 aliphatic rings. The van der Waals surface area contributed by atoms with Gasteiger partial charge in [-0.2, -0.15) is 0 Å². The van der Waals surface area contributed by atoms with Gasteiger partial charge in [0.15, 0.2) is 5.11 Å². The van der Waals surface area contributed by atoms with Crippen LogP contribution in [0, 0.1) is 13.8 Å². The summed E-state index contributed by atoms with van der Waals surface area (Å²) in [5.41, 5.74) is 3.26. The summed E-state index contributed by atoms with van der Waals surface area (Å²) in [6.07, 6.45) is 1.49. The second-order valence-corrected chi connectivity index (χ2v) is 8.87. The molecule has 1 aliphatic heterocycles. The van der Waals surface area contributed by atoms with Crippen LogP contribution in [0.3, 0.4) is 0 Å². The molecule has 0 aliphatic carbocycles. The number of benzene rings is 2. The first-order valence-corrected chi connectivity index (χ1v) is 11.5. The van der Waals surface area contributed by atoms with Crippen LogP contribution in [0.2, 0.25) is 10.0 Å². The number of carbonyl (C=O) groups is 3. The van der Waals surface area contributed by atoms with Crippen molar-refractivity contribution in [2.45, 2.75) is 13.8 Å². The third-order valence-electron chi connectivity index (χ3n) is 5.59. The molecule has 2 amide bonds. The number of esters is 1. The highest BCUT2D eigenvalue weighted by Gasteiger charge is 2.36. The first-order chi connectivity index (χ1) is 16.6. The number of nitrogens with one attached hydrogen (secondary N) is 1. The van der Waals surface area contributed by atoms with Gasteiger partial charge in [0.25, 0.3) is 11.8 Å². The molecule has 35 heavy (non-hydrogen) atoms. The number of nitrogens with zero attached hydrogens (tertiary/aromatic N) is 2. The predicted octanol–water partition coefficient (Wildman–Crippen LogP) is 5.02. The van der Waals surface area contributed by atoms with Crippen molar-refractivity contribution in [3.05, 3.63) is 86.7 Å². The zero-order chi connectivity index (χ0) is 25.4. The predicted molar refractivity (Wildman–Crippen MR) is 139 cm³/mol. The van der Waals surface area contributed by atoms with Crippen LogP contribution in [0.5, 0.6) is 0 Å². The van der Waals surface area contributed by atoms with E-state index >= 15 is 0 Å². The summed E-state index contributed by atoms with van der Waals surface area (Å²) in [6, 6.07) is 13.6. The maximum absolute atomic E-state index is 13.4. The normalized spacial score (nSPS) is 14.9. The molecule has 1 N–H and O–H groups in total. The van der Waals surface area contributed by atoms with Gasteiger partial charge in [0, 0.05) is 11.4 Å². The molecule has 178 valence electrons. The van der Waals surface area contributed by atoms with Crippen molar-refractivity contribution in [1.82, 2.24) is 9.88 Å². The number of aryl methyl sites for hydroxylation is 1. The van der Waals surface area contributed by atoms with Crippen molar-refractivity contribution in [3.63, 3.8) is 0 Å². The summed E-state index contributed by atoms with van der Waals surface area (Å²) in [7, 11) is 1.32.